The summed E-state index contributed by atoms with van der Waals surface area (Å²) in [7, 11) is 1.82. The summed E-state index contributed by atoms with van der Waals surface area (Å²) in [5.41, 5.74) is 1.92. The number of benzene rings is 2. The highest BCUT2D eigenvalue weighted by atomic mass is 127. The minimum absolute atomic E-state index is 0.0305. The van der Waals surface area contributed by atoms with E-state index in [2.05, 4.69) is 32.9 Å². The first-order valence-corrected chi connectivity index (χ1v) is 9.43. The third kappa shape index (κ3) is 2.82. The molecule has 122 valence electrons. The van der Waals surface area contributed by atoms with Gasteiger partial charge in [0.05, 0.1) is 16.8 Å². The highest BCUT2D eigenvalue weighted by molar-refractivity contribution is 14.1. The molecule has 0 spiro atoms. The first-order chi connectivity index (χ1) is 11.6. The maximum atomic E-state index is 12.6. The molecule has 0 bridgehead atoms. The summed E-state index contributed by atoms with van der Waals surface area (Å²) in [6.45, 7) is 0.612. The van der Waals surface area contributed by atoms with Crippen molar-refractivity contribution in [3.63, 3.8) is 0 Å². The average molecular weight is 450 g/mol. The number of thiazole rings is 1. The Balaban J connectivity index is 1.67. The molecule has 3 aromatic rings. The van der Waals surface area contributed by atoms with Crippen LogP contribution in [0.2, 0.25) is 0 Å². The quantitative estimate of drug-likeness (QED) is 0.609. The first kappa shape index (κ1) is 15.6. The number of hydrogen-bond donors (Lipinski definition) is 1. The van der Waals surface area contributed by atoms with E-state index in [9.17, 15) is 4.79 Å². The third-order valence-corrected chi connectivity index (χ3v) is 5.71. The smallest absolute Gasteiger partial charge is 0.327 e. The van der Waals surface area contributed by atoms with Crippen molar-refractivity contribution in [2.75, 3.05) is 23.8 Å². The maximum Gasteiger partial charge on any atom is 0.327 e. The van der Waals surface area contributed by atoms with Crippen LogP contribution >= 0.6 is 33.9 Å². The molecule has 1 fully saturated rings. The summed E-state index contributed by atoms with van der Waals surface area (Å²) in [5, 5.41) is 4.18. The molecular formula is C17H15IN4OS. The van der Waals surface area contributed by atoms with Gasteiger partial charge in [0, 0.05) is 16.3 Å². The van der Waals surface area contributed by atoms with Crippen molar-refractivity contribution in [1.82, 2.24) is 9.88 Å². The number of para-hydroxylation sites is 1. The second kappa shape index (κ2) is 6.21. The Hall–Kier alpha value is -1.87. The Bertz CT molecular complexity index is 862. The average Bonchev–Trinajstić information content (AvgIpc) is 3.11. The fraction of sp³-hybridized carbons (Fsp3) is 0.176. The van der Waals surface area contributed by atoms with Crippen LogP contribution in [0.3, 0.4) is 0 Å². The van der Waals surface area contributed by atoms with E-state index in [1.165, 1.54) is 3.57 Å². The zero-order valence-corrected chi connectivity index (χ0v) is 15.9. The number of nitrogens with one attached hydrogen (secondary N) is 1. The fourth-order valence-corrected chi connectivity index (χ4v) is 4.13. The van der Waals surface area contributed by atoms with Crippen LogP contribution in [0.1, 0.15) is 0 Å². The fourth-order valence-electron chi connectivity index (χ4n) is 2.76. The molecule has 7 heteroatoms. The van der Waals surface area contributed by atoms with Gasteiger partial charge in [0.25, 0.3) is 0 Å². The number of carbonyl (C=O) groups excluding carboxylic acids is 1. The van der Waals surface area contributed by atoms with Crippen molar-refractivity contribution in [3.05, 3.63) is 52.1 Å². The molecule has 0 saturated carbocycles. The summed E-state index contributed by atoms with van der Waals surface area (Å²) in [5.74, 6) is 0. The van der Waals surface area contributed by atoms with Crippen LogP contribution in [0.4, 0.5) is 15.6 Å². The van der Waals surface area contributed by atoms with Crippen molar-refractivity contribution in [2.24, 2.45) is 0 Å². The van der Waals surface area contributed by atoms with Crippen LogP contribution in [0.5, 0.6) is 0 Å². The molecule has 1 aliphatic rings. The standard InChI is InChI=1S/C17H15IN4OS/c1-21-10-15(19-12-8-6-11(18)7-9-12)22(17(21)23)16-20-13-4-2-3-5-14(13)24-16/h2-9,15,19H,10H2,1H3. The Labute approximate surface area is 157 Å². The Morgan fingerprint density at radius 2 is 1.96 bits per heavy atom. The molecule has 1 aromatic heterocycles. The predicted molar refractivity (Wildman–Crippen MR) is 107 cm³/mol. The summed E-state index contributed by atoms with van der Waals surface area (Å²) in [4.78, 5) is 20.7. The van der Waals surface area contributed by atoms with Gasteiger partial charge in [-0.3, -0.25) is 0 Å². The molecule has 1 saturated heterocycles. The highest BCUT2D eigenvalue weighted by Crippen LogP contribution is 2.33. The minimum atomic E-state index is -0.136. The van der Waals surface area contributed by atoms with E-state index in [1.54, 1.807) is 21.1 Å². The second-order valence-electron chi connectivity index (χ2n) is 5.66. The van der Waals surface area contributed by atoms with E-state index in [-0.39, 0.29) is 12.2 Å². The maximum absolute atomic E-state index is 12.6. The van der Waals surface area contributed by atoms with Gasteiger partial charge in [0.15, 0.2) is 5.13 Å². The molecule has 0 aliphatic carbocycles. The normalized spacial score (nSPS) is 17.8. The second-order valence-corrected chi connectivity index (χ2v) is 7.92. The van der Waals surface area contributed by atoms with Crippen LogP contribution in [0.15, 0.2) is 48.5 Å². The number of aromatic nitrogens is 1. The van der Waals surface area contributed by atoms with Crippen LogP contribution in [-0.2, 0) is 0 Å². The summed E-state index contributed by atoms with van der Waals surface area (Å²) < 4.78 is 2.27. The SMILES string of the molecule is CN1CC(Nc2ccc(I)cc2)N(c2nc3ccccc3s2)C1=O. The third-order valence-electron chi connectivity index (χ3n) is 3.96. The number of amides is 2. The Kier molecular flexibility index (Phi) is 4.05. The van der Waals surface area contributed by atoms with Gasteiger partial charge in [-0.05, 0) is 59.0 Å². The molecule has 0 radical (unpaired) electrons. The number of urea groups is 1. The Morgan fingerprint density at radius 3 is 2.71 bits per heavy atom. The van der Waals surface area contributed by atoms with Crippen molar-refractivity contribution >= 4 is 61.0 Å². The number of carbonyl (C=O) groups is 1. The van der Waals surface area contributed by atoms with Gasteiger partial charge in [-0.15, -0.1) is 0 Å². The van der Waals surface area contributed by atoms with Gasteiger partial charge < -0.3 is 10.2 Å². The van der Waals surface area contributed by atoms with E-state index < -0.39 is 0 Å². The van der Waals surface area contributed by atoms with E-state index >= 15 is 0 Å². The molecule has 2 amide bonds. The van der Waals surface area contributed by atoms with Gasteiger partial charge in [0.2, 0.25) is 0 Å². The van der Waals surface area contributed by atoms with Crippen LogP contribution in [0, 0.1) is 3.57 Å². The number of fused-ring (bicyclic) bond motifs is 1. The number of halogens is 1. The summed E-state index contributed by atoms with van der Waals surface area (Å²) in [6.07, 6.45) is -0.136. The summed E-state index contributed by atoms with van der Waals surface area (Å²) in [6, 6.07) is 16.1. The molecule has 1 N–H and O–H groups in total. The molecule has 1 unspecified atom stereocenters. The molecule has 1 atom stereocenters. The molecule has 2 aromatic carbocycles. The molecule has 4 rings (SSSR count). The topological polar surface area (TPSA) is 48.5 Å². The highest BCUT2D eigenvalue weighted by Gasteiger charge is 2.38. The van der Waals surface area contributed by atoms with Gasteiger partial charge in [-0.1, -0.05) is 23.5 Å². The largest absolute Gasteiger partial charge is 0.363 e. The zero-order valence-electron chi connectivity index (χ0n) is 12.9. The van der Waals surface area contributed by atoms with E-state index in [0.29, 0.717) is 6.54 Å². The number of hydrogen-bond acceptors (Lipinski definition) is 4. The van der Waals surface area contributed by atoms with Crippen LogP contribution < -0.4 is 10.2 Å². The predicted octanol–water partition coefficient (Wildman–Crippen LogP) is 4.21. The monoisotopic (exact) mass is 450 g/mol. The van der Waals surface area contributed by atoms with Gasteiger partial charge in [0.1, 0.15) is 6.17 Å². The molecular weight excluding hydrogens is 435 g/mol. The lowest BCUT2D eigenvalue weighted by Crippen LogP contribution is -2.39. The van der Waals surface area contributed by atoms with E-state index in [1.807, 2.05) is 55.6 Å². The van der Waals surface area contributed by atoms with Crippen molar-refractivity contribution in [2.45, 2.75) is 6.17 Å². The van der Waals surface area contributed by atoms with Crippen LogP contribution in [-0.4, -0.2) is 35.7 Å². The van der Waals surface area contributed by atoms with Crippen molar-refractivity contribution in [1.29, 1.82) is 0 Å². The molecule has 2 heterocycles. The number of nitrogens with zero attached hydrogens (tertiary/aromatic N) is 3. The number of likely N-dealkylation sites (N-methyl/N-ethyl adjacent to an activating group) is 1. The van der Waals surface area contributed by atoms with Crippen LogP contribution in [0.25, 0.3) is 10.2 Å². The lowest BCUT2D eigenvalue weighted by molar-refractivity contribution is 0.229. The van der Waals surface area contributed by atoms with Crippen molar-refractivity contribution in [3.8, 4) is 0 Å². The van der Waals surface area contributed by atoms with Gasteiger partial charge in [-0.25, -0.2) is 14.7 Å². The van der Waals surface area contributed by atoms with E-state index in [0.717, 1.165) is 21.0 Å². The Morgan fingerprint density at radius 1 is 1.21 bits per heavy atom. The molecule has 1 aliphatic heterocycles. The number of rotatable bonds is 3. The van der Waals surface area contributed by atoms with Gasteiger partial charge >= 0.3 is 6.03 Å². The first-order valence-electron chi connectivity index (χ1n) is 7.54. The molecule has 24 heavy (non-hydrogen) atoms. The number of anilines is 2. The van der Waals surface area contributed by atoms with Gasteiger partial charge in [-0.2, -0.15) is 0 Å². The lowest BCUT2D eigenvalue weighted by Gasteiger charge is -2.22. The van der Waals surface area contributed by atoms with E-state index in [4.69, 9.17) is 0 Å². The zero-order chi connectivity index (χ0) is 16.7. The minimum Gasteiger partial charge on any atom is -0.363 e. The lowest BCUT2D eigenvalue weighted by atomic mass is 10.3. The molecule has 5 nitrogen and oxygen atoms in total. The summed E-state index contributed by atoms with van der Waals surface area (Å²) >= 11 is 3.82. The van der Waals surface area contributed by atoms with Crippen molar-refractivity contribution < 1.29 is 4.79 Å².